The molecule has 0 heterocycles. The maximum absolute atomic E-state index is 9.31. The maximum Gasteiger partial charge on any atom is 0.0931 e. The Morgan fingerprint density at radius 2 is 2.25 bits per heavy atom. The third kappa shape index (κ3) is 1.31. The Bertz CT molecular complexity index is 281. The van der Waals surface area contributed by atoms with Gasteiger partial charge in [-0.1, -0.05) is 24.6 Å². The molecule has 2 aliphatic rings. The van der Waals surface area contributed by atoms with Crippen molar-refractivity contribution in [1.82, 2.24) is 0 Å². The SMILES string of the molecule is CC1C=CC2=C(CCC(O)=C2)C1. The van der Waals surface area contributed by atoms with E-state index in [1.165, 1.54) is 17.6 Å². The lowest BCUT2D eigenvalue weighted by atomic mass is 9.85. The topological polar surface area (TPSA) is 20.2 Å². The molecule has 12 heavy (non-hydrogen) atoms. The minimum Gasteiger partial charge on any atom is -0.512 e. The zero-order valence-electron chi connectivity index (χ0n) is 7.38. The van der Waals surface area contributed by atoms with Crippen molar-refractivity contribution in [3.63, 3.8) is 0 Å². The van der Waals surface area contributed by atoms with Crippen LogP contribution in [0.4, 0.5) is 0 Å². The van der Waals surface area contributed by atoms with Gasteiger partial charge in [-0.2, -0.15) is 0 Å². The first-order valence-corrected chi connectivity index (χ1v) is 4.55. The Morgan fingerprint density at radius 3 is 3.08 bits per heavy atom. The summed E-state index contributed by atoms with van der Waals surface area (Å²) in [5.41, 5.74) is 2.76. The van der Waals surface area contributed by atoms with Crippen molar-refractivity contribution < 1.29 is 5.11 Å². The molecule has 0 saturated heterocycles. The van der Waals surface area contributed by atoms with Gasteiger partial charge in [0.15, 0.2) is 0 Å². The van der Waals surface area contributed by atoms with Crippen LogP contribution in [0.25, 0.3) is 0 Å². The second-order valence-electron chi connectivity index (χ2n) is 3.74. The molecule has 1 atom stereocenters. The largest absolute Gasteiger partial charge is 0.512 e. The van der Waals surface area contributed by atoms with Crippen LogP contribution >= 0.6 is 0 Å². The lowest BCUT2D eigenvalue weighted by molar-refractivity contribution is 0.382. The average Bonchev–Trinajstić information content (AvgIpc) is 2.05. The molecule has 0 aliphatic heterocycles. The number of aliphatic hydroxyl groups is 1. The summed E-state index contributed by atoms with van der Waals surface area (Å²) in [6, 6.07) is 0. The molecule has 0 fully saturated rings. The second kappa shape index (κ2) is 2.81. The molecule has 0 spiro atoms. The Labute approximate surface area is 73.1 Å². The highest BCUT2D eigenvalue weighted by Crippen LogP contribution is 2.32. The van der Waals surface area contributed by atoms with Gasteiger partial charge in [-0.25, -0.2) is 0 Å². The van der Waals surface area contributed by atoms with E-state index in [1.807, 2.05) is 6.08 Å². The Balaban J connectivity index is 2.29. The number of aliphatic hydroxyl groups excluding tert-OH is 1. The first kappa shape index (κ1) is 7.66. The molecule has 64 valence electrons. The Kier molecular flexibility index (Phi) is 1.80. The Morgan fingerprint density at radius 1 is 1.42 bits per heavy atom. The molecule has 2 rings (SSSR count). The van der Waals surface area contributed by atoms with Gasteiger partial charge in [-0.05, 0) is 30.4 Å². The summed E-state index contributed by atoms with van der Waals surface area (Å²) in [7, 11) is 0. The Hall–Kier alpha value is -0.980. The second-order valence-corrected chi connectivity index (χ2v) is 3.74. The van der Waals surface area contributed by atoms with E-state index in [-0.39, 0.29) is 0 Å². The minimum absolute atomic E-state index is 0.535. The summed E-state index contributed by atoms with van der Waals surface area (Å²) in [6.45, 7) is 2.23. The molecule has 0 aromatic carbocycles. The van der Waals surface area contributed by atoms with Crippen molar-refractivity contribution in [2.75, 3.05) is 0 Å². The molecule has 0 amide bonds. The molecule has 0 bridgehead atoms. The van der Waals surface area contributed by atoms with E-state index in [0.717, 1.165) is 12.8 Å². The fraction of sp³-hybridized carbons (Fsp3) is 0.455. The van der Waals surface area contributed by atoms with Gasteiger partial charge in [0.2, 0.25) is 0 Å². The predicted molar refractivity (Wildman–Crippen MR) is 49.9 cm³/mol. The summed E-state index contributed by atoms with van der Waals surface area (Å²) >= 11 is 0. The third-order valence-corrected chi connectivity index (χ3v) is 2.59. The van der Waals surface area contributed by atoms with Crippen LogP contribution in [0.5, 0.6) is 0 Å². The summed E-state index contributed by atoms with van der Waals surface area (Å²) in [5, 5.41) is 9.31. The highest BCUT2D eigenvalue weighted by atomic mass is 16.3. The van der Waals surface area contributed by atoms with E-state index in [9.17, 15) is 5.11 Å². The zero-order chi connectivity index (χ0) is 8.55. The summed E-state index contributed by atoms with van der Waals surface area (Å²) < 4.78 is 0. The van der Waals surface area contributed by atoms with Gasteiger partial charge in [0, 0.05) is 6.42 Å². The molecule has 1 unspecified atom stereocenters. The summed E-state index contributed by atoms with van der Waals surface area (Å²) in [6.07, 6.45) is 9.31. The minimum atomic E-state index is 0.535. The molecule has 0 aromatic heterocycles. The molecule has 0 saturated carbocycles. The van der Waals surface area contributed by atoms with E-state index < -0.39 is 0 Å². The van der Waals surface area contributed by atoms with Crippen LogP contribution in [0.15, 0.2) is 35.1 Å². The molecule has 0 radical (unpaired) electrons. The van der Waals surface area contributed by atoms with Crippen molar-refractivity contribution in [3.8, 4) is 0 Å². The monoisotopic (exact) mass is 162 g/mol. The fourth-order valence-electron chi connectivity index (χ4n) is 1.89. The van der Waals surface area contributed by atoms with Crippen LogP contribution in [0.1, 0.15) is 26.2 Å². The van der Waals surface area contributed by atoms with Crippen molar-refractivity contribution >= 4 is 0 Å². The number of hydrogen-bond donors (Lipinski definition) is 1. The number of hydrogen-bond acceptors (Lipinski definition) is 1. The van der Waals surface area contributed by atoms with Gasteiger partial charge in [0.05, 0.1) is 5.76 Å². The third-order valence-electron chi connectivity index (χ3n) is 2.59. The van der Waals surface area contributed by atoms with Gasteiger partial charge in [0.1, 0.15) is 0 Å². The highest BCUT2D eigenvalue weighted by Gasteiger charge is 2.15. The van der Waals surface area contributed by atoms with E-state index in [1.54, 1.807) is 0 Å². The van der Waals surface area contributed by atoms with E-state index in [0.29, 0.717) is 11.7 Å². The lowest BCUT2D eigenvalue weighted by Crippen LogP contribution is -2.05. The van der Waals surface area contributed by atoms with Crippen LogP contribution in [0.2, 0.25) is 0 Å². The van der Waals surface area contributed by atoms with Crippen LogP contribution < -0.4 is 0 Å². The van der Waals surface area contributed by atoms with Crippen molar-refractivity contribution in [1.29, 1.82) is 0 Å². The standard InChI is InChI=1S/C11H14O/c1-8-2-3-10-7-11(12)5-4-9(10)6-8/h2-3,7-8,12H,4-6H2,1H3. The first-order valence-electron chi connectivity index (χ1n) is 4.55. The van der Waals surface area contributed by atoms with Gasteiger partial charge in [-0.15, -0.1) is 0 Å². The fourth-order valence-corrected chi connectivity index (χ4v) is 1.89. The molecule has 1 N–H and O–H groups in total. The summed E-state index contributed by atoms with van der Waals surface area (Å²) in [5.74, 6) is 1.21. The van der Waals surface area contributed by atoms with Gasteiger partial charge in [0.25, 0.3) is 0 Å². The van der Waals surface area contributed by atoms with Crippen molar-refractivity contribution in [2.45, 2.75) is 26.2 Å². The zero-order valence-corrected chi connectivity index (χ0v) is 7.38. The van der Waals surface area contributed by atoms with Gasteiger partial charge >= 0.3 is 0 Å². The number of allylic oxidation sites excluding steroid dienone is 6. The molecule has 1 nitrogen and oxygen atoms in total. The summed E-state index contributed by atoms with van der Waals surface area (Å²) in [4.78, 5) is 0. The quantitative estimate of drug-likeness (QED) is 0.580. The smallest absolute Gasteiger partial charge is 0.0931 e. The molecular formula is C11H14O. The lowest BCUT2D eigenvalue weighted by Gasteiger charge is -2.21. The van der Waals surface area contributed by atoms with Crippen LogP contribution in [-0.2, 0) is 0 Å². The van der Waals surface area contributed by atoms with Gasteiger partial charge < -0.3 is 5.11 Å². The van der Waals surface area contributed by atoms with Crippen LogP contribution in [0.3, 0.4) is 0 Å². The van der Waals surface area contributed by atoms with E-state index in [2.05, 4.69) is 19.1 Å². The van der Waals surface area contributed by atoms with E-state index >= 15 is 0 Å². The highest BCUT2D eigenvalue weighted by molar-refractivity contribution is 5.42. The van der Waals surface area contributed by atoms with Gasteiger partial charge in [-0.3, -0.25) is 0 Å². The van der Waals surface area contributed by atoms with Crippen LogP contribution in [-0.4, -0.2) is 5.11 Å². The number of rotatable bonds is 0. The average molecular weight is 162 g/mol. The van der Waals surface area contributed by atoms with Crippen molar-refractivity contribution in [2.24, 2.45) is 5.92 Å². The van der Waals surface area contributed by atoms with Crippen LogP contribution in [0, 0.1) is 5.92 Å². The maximum atomic E-state index is 9.31. The molecular weight excluding hydrogens is 148 g/mol. The van der Waals surface area contributed by atoms with E-state index in [4.69, 9.17) is 0 Å². The molecule has 1 heteroatoms. The predicted octanol–water partition coefficient (Wildman–Crippen LogP) is 3.11. The van der Waals surface area contributed by atoms with Crippen molar-refractivity contribution in [3.05, 3.63) is 35.1 Å². The first-order chi connectivity index (χ1) is 5.75. The normalized spacial score (nSPS) is 28.4. The molecule has 0 aromatic rings. The molecule has 2 aliphatic carbocycles.